The molecule has 2 unspecified atom stereocenters. The number of nitriles is 1. The summed E-state index contributed by atoms with van der Waals surface area (Å²) in [5.41, 5.74) is 5.77. The van der Waals surface area contributed by atoms with Gasteiger partial charge in [0, 0.05) is 6.61 Å². The fourth-order valence-electron chi connectivity index (χ4n) is 1.81. The maximum atomic E-state index is 9.23. The van der Waals surface area contributed by atoms with Gasteiger partial charge in [-0.2, -0.15) is 5.26 Å². The third-order valence-electron chi connectivity index (χ3n) is 2.92. The highest BCUT2D eigenvalue weighted by Gasteiger charge is 2.29. The predicted molar refractivity (Wildman–Crippen MR) is 63.1 cm³/mol. The smallest absolute Gasteiger partial charge is 0.153 e. The van der Waals surface area contributed by atoms with Crippen molar-refractivity contribution < 1.29 is 9.47 Å². The number of ether oxygens (including phenoxy) is 2. The summed E-state index contributed by atoms with van der Waals surface area (Å²) in [6.07, 6.45) is 0.936. The van der Waals surface area contributed by atoms with Crippen LogP contribution in [0.25, 0.3) is 0 Å². The van der Waals surface area contributed by atoms with Crippen LogP contribution in [0.15, 0.2) is 30.3 Å². The number of rotatable bonds is 4. The summed E-state index contributed by atoms with van der Waals surface area (Å²) in [5, 5.41) is 9.23. The lowest BCUT2D eigenvalue weighted by Gasteiger charge is -2.23. The Bertz CT molecular complexity index is 396. The van der Waals surface area contributed by atoms with E-state index < -0.39 is 5.54 Å². The Balaban J connectivity index is 2.02. The molecule has 1 saturated heterocycles. The highest BCUT2D eigenvalue weighted by atomic mass is 16.5. The van der Waals surface area contributed by atoms with Crippen molar-refractivity contribution >= 4 is 0 Å². The van der Waals surface area contributed by atoms with Crippen LogP contribution in [-0.2, 0) is 15.0 Å². The molecule has 0 spiro atoms. The van der Waals surface area contributed by atoms with Crippen LogP contribution in [-0.4, -0.2) is 25.9 Å². The van der Waals surface area contributed by atoms with Crippen LogP contribution < -0.4 is 5.73 Å². The molecular weight excluding hydrogens is 216 g/mol. The van der Waals surface area contributed by atoms with E-state index in [1.54, 1.807) is 0 Å². The highest BCUT2D eigenvalue weighted by Crippen LogP contribution is 2.19. The molecule has 2 rings (SSSR count). The summed E-state index contributed by atoms with van der Waals surface area (Å²) in [5.74, 6) is 0. The van der Waals surface area contributed by atoms with Gasteiger partial charge in [0.05, 0.1) is 25.4 Å². The Hall–Kier alpha value is -1.41. The van der Waals surface area contributed by atoms with Gasteiger partial charge in [0.1, 0.15) is 0 Å². The van der Waals surface area contributed by atoms with E-state index in [1.807, 2.05) is 30.3 Å². The van der Waals surface area contributed by atoms with Crippen LogP contribution in [0.5, 0.6) is 0 Å². The van der Waals surface area contributed by atoms with Crippen molar-refractivity contribution in [1.29, 1.82) is 5.26 Å². The molecule has 0 amide bonds. The Morgan fingerprint density at radius 1 is 1.47 bits per heavy atom. The Morgan fingerprint density at radius 3 is 2.82 bits per heavy atom. The standard InChI is InChI=1S/C13H16N2O2/c14-9-13(15,11-4-2-1-3-5-11)10-17-12-6-7-16-8-12/h1-5,12H,6-8,10,15H2. The molecule has 4 heteroatoms. The number of nitrogens with zero attached hydrogens (tertiary/aromatic N) is 1. The molecular formula is C13H16N2O2. The van der Waals surface area contributed by atoms with E-state index in [0.717, 1.165) is 18.6 Å². The highest BCUT2D eigenvalue weighted by molar-refractivity contribution is 5.30. The van der Waals surface area contributed by atoms with Crippen LogP contribution >= 0.6 is 0 Å². The van der Waals surface area contributed by atoms with Crippen LogP contribution in [0.2, 0.25) is 0 Å². The minimum atomic E-state index is -1.08. The summed E-state index contributed by atoms with van der Waals surface area (Å²) in [4.78, 5) is 0. The Labute approximate surface area is 101 Å². The molecule has 0 aliphatic carbocycles. The zero-order valence-corrected chi connectivity index (χ0v) is 9.63. The summed E-state index contributed by atoms with van der Waals surface area (Å²) >= 11 is 0. The van der Waals surface area contributed by atoms with Gasteiger partial charge in [0.2, 0.25) is 0 Å². The van der Waals surface area contributed by atoms with E-state index in [9.17, 15) is 5.26 Å². The van der Waals surface area contributed by atoms with Crippen molar-refractivity contribution in [2.24, 2.45) is 5.73 Å². The maximum absolute atomic E-state index is 9.23. The predicted octanol–water partition coefficient (Wildman–Crippen LogP) is 1.17. The zero-order valence-electron chi connectivity index (χ0n) is 9.63. The van der Waals surface area contributed by atoms with E-state index in [-0.39, 0.29) is 12.7 Å². The number of hydrogen-bond acceptors (Lipinski definition) is 4. The van der Waals surface area contributed by atoms with Gasteiger partial charge in [-0.3, -0.25) is 0 Å². The lowest BCUT2D eigenvalue weighted by Crippen LogP contribution is -2.41. The van der Waals surface area contributed by atoms with Crippen LogP contribution in [0.4, 0.5) is 0 Å². The SMILES string of the molecule is N#CC(N)(COC1CCOC1)c1ccccc1. The topological polar surface area (TPSA) is 68.3 Å². The van der Waals surface area contributed by atoms with Crippen molar-refractivity contribution in [3.63, 3.8) is 0 Å². The van der Waals surface area contributed by atoms with Crippen molar-refractivity contribution in [2.75, 3.05) is 19.8 Å². The second-order valence-corrected chi connectivity index (χ2v) is 4.25. The summed E-state index contributed by atoms with van der Waals surface area (Å²) in [7, 11) is 0. The van der Waals surface area contributed by atoms with Crippen LogP contribution in [0, 0.1) is 11.3 Å². The van der Waals surface area contributed by atoms with Crippen molar-refractivity contribution in [2.45, 2.75) is 18.1 Å². The van der Waals surface area contributed by atoms with Crippen molar-refractivity contribution in [3.8, 4) is 6.07 Å². The van der Waals surface area contributed by atoms with Crippen LogP contribution in [0.3, 0.4) is 0 Å². The molecule has 0 radical (unpaired) electrons. The first-order valence-electron chi connectivity index (χ1n) is 5.69. The zero-order chi connectivity index (χ0) is 12.1. The summed E-state index contributed by atoms with van der Waals surface area (Å²) in [6.45, 7) is 1.51. The van der Waals surface area contributed by atoms with Gasteiger partial charge in [-0.15, -0.1) is 0 Å². The minimum Gasteiger partial charge on any atom is -0.379 e. The Morgan fingerprint density at radius 2 is 2.24 bits per heavy atom. The normalized spacial score (nSPS) is 22.9. The largest absolute Gasteiger partial charge is 0.379 e. The van der Waals surface area contributed by atoms with Gasteiger partial charge >= 0.3 is 0 Å². The number of hydrogen-bond donors (Lipinski definition) is 1. The Kier molecular flexibility index (Phi) is 3.75. The molecule has 1 heterocycles. The lowest BCUT2D eigenvalue weighted by molar-refractivity contribution is 0.0236. The second kappa shape index (κ2) is 5.28. The quantitative estimate of drug-likeness (QED) is 0.846. The lowest BCUT2D eigenvalue weighted by atomic mass is 9.93. The molecule has 0 aromatic heterocycles. The van der Waals surface area contributed by atoms with Crippen molar-refractivity contribution in [3.05, 3.63) is 35.9 Å². The summed E-state index contributed by atoms with van der Waals surface area (Å²) < 4.78 is 10.9. The number of nitrogens with two attached hydrogens (primary N) is 1. The van der Waals surface area contributed by atoms with Crippen LogP contribution in [0.1, 0.15) is 12.0 Å². The van der Waals surface area contributed by atoms with Gasteiger partial charge in [-0.25, -0.2) is 0 Å². The first-order chi connectivity index (χ1) is 8.24. The maximum Gasteiger partial charge on any atom is 0.153 e. The molecule has 2 N–H and O–H groups in total. The third-order valence-corrected chi connectivity index (χ3v) is 2.92. The average Bonchev–Trinajstić information content (AvgIpc) is 2.90. The molecule has 90 valence electrons. The molecule has 1 aromatic carbocycles. The van der Waals surface area contributed by atoms with E-state index in [4.69, 9.17) is 15.2 Å². The van der Waals surface area contributed by atoms with Gasteiger partial charge in [-0.05, 0) is 12.0 Å². The van der Waals surface area contributed by atoms with Gasteiger partial charge in [0.15, 0.2) is 5.54 Å². The fraction of sp³-hybridized carbons (Fsp3) is 0.462. The molecule has 1 aliphatic heterocycles. The minimum absolute atomic E-state index is 0.0648. The van der Waals surface area contributed by atoms with E-state index in [0.29, 0.717) is 6.61 Å². The number of benzene rings is 1. The van der Waals surface area contributed by atoms with Crippen molar-refractivity contribution in [1.82, 2.24) is 0 Å². The van der Waals surface area contributed by atoms with Gasteiger partial charge < -0.3 is 15.2 Å². The van der Waals surface area contributed by atoms with Gasteiger partial charge in [0.25, 0.3) is 0 Å². The first-order valence-corrected chi connectivity index (χ1v) is 5.69. The molecule has 2 atom stereocenters. The first kappa shape index (κ1) is 12.1. The second-order valence-electron chi connectivity index (χ2n) is 4.25. The third kappa shape index (κ3) is 2.83. The average molecular weight is 232 g/mol. The molecule has 1 aromatic rings. The summed E-state index contributed by atoms with van der Waals surface area (Å²) in [6, 6.07) is 11.5. The molecule has 0 saturated carbocycles. The van der Waals surface area contributed by atoms with E-state index in [1.165, 1.54) is 0 Å². The van der Waals surface area contributed by atoms with Gasteiger partial charge in [-0.1, -0.05) is 30.3 Å². The molecule has 4 nitrogen and oxygen atoms in total. The molecule has 0 bridgehead atoms. The van der Waals surface area contributed by atoms with E-state index >= 15 is 0 Å². The monoisotopic (exact) mass is 232 g/mol. The molecule has 1 fully saturated rings. The molecule has 17 heavy (non-hydrogen) atoms. The van der Waals surface area contributed by atoms with E-state index in [2.05, 4.69) is 6.07 Å². The molecule has 1 aliphatic rings. The fourth-order valence-corrected chi connectivity index (χ4v) is 1.81.